The van der Waals surface area contributed by atoms with Crippen LogP contribution in [0.5, 0.6) is 0 Å². The van der Waals surface area contributed by atoms with Crippen LogP contribution in [0.1, 0.15) is 17.2 Å². The lowest BCUT2D eigenvalue weighted by molar-refractivity contribution is 0.159. The fourth-order valence-electron chi connectivity index (χ4n) is 1.72. The molecule has 0 amide bonds. The molecule has 0 aliphatic heterocycles. The third-order valence-electron chi connectivity index (χ3n) is 2.37. The molecule has 1 unspecified atom stereocenters. The van der Waals surface area contributed by atoms with Crippen molar-refractivity contribution in [1.82, 2.24) is 0 Å². The molecule has 0 bridgehead atoms. The fourth-order valence-corrected chi connectivity index (χ4v) is 1.72. The molecule has 0 saturated carbocycles. The largest absolute Gasteiger partial charge is 0.388 e. The van der Waals surface area contributed by atoms with E-state index >= 15 is 0 Å². The number of aliphatic hydroxyl groups is 1. The van der Waals surface area contributed by atoms with Crippen LogP contribution in [0.25, 0.3) is 10.4 Å². The van der Waals surface area contributed by atoms with E-state index in [0.717, 1.165) is 11.1 Å². The first kappa shape index (κ1) is 8.10. The summed E-state index contributed by atoms with van der Waals surface area (Å²) in [6.07, 6.45) is 0.00796. The SMILES string of the molecule is [N-]=[N+]=NC1Cc2ccccc2[C@H]1O. The molecule has 1 aromatic rings. The second-order valence-electron chi connectivity index (χ2n) is 3.12. The minimum Gasteiger partial charge on any atom is -0.388 e. The topological polar surface area (TPSA) is 69.0 Å². The van der Waals surface area contributed by atoms with Crippen molar-refractivity contribution in [2.45, 2.75) is 18.6 Å². The van der Waals surface area contributed by atoms with Crippen LogP contribution < -0.4 is 0 Å². The molecule has 13 heavy (non-hydrogen) atoms. The van der Waals surface area contributed by atoms with Gasteiger partial charge in [-0.2, -0.15) is 0 Å². The number of benzene rings is 1. The van der Waals surface area contributed by atoms with E-state index < -0.39 is 6.10 Å². The van der Waals surface area contributed by atoms with E-state index in [1.54, 1.807) is 0 Å². The van der Waals surface area contributed by atoms with Crippen LogP contribution in [0, 0.1) is 0 Å². The molecule has 0 fully saturated rings. The predicted octanol–water partition coefficient (Wildman–Crippen LogP) is 1.96. The third-order valence-corrected chi connectivity index (χ3v) is 2.37. The standard InChI is InChI=1S/C9H9N3O/c10-12-11-8-5-6-3-1-2-4-7(6)9(8)13/h1-4,8-9,13H,5H2/t8?,9-/m1/s1. The fraction of sp³-hybridized carbons (Fsp3) is 0.333. The molecule has 0 spiro atoms. The zero-order chi connectivity index (χ0) is 9.26. The summed E-state index contributed by atoms with van der Waals surface area (Å²) in [5.41, 5.74) is 10.2. The van der Waals surface area contributed by atoms with Crippen molar-refractivity contribution < 1.29 is 5.11 Å². The van der Waals surface area contributed by atoms with Gasteiger partial charge in [0.05, 0.1) is 12.1 Å². The number of azide groups is 1. The Balaban J connectivity index is 2.37. The summed E-state index contributed by atoms with van der Waals surface area (Å²) < 4.78 is 0. The molecular weight excluding hydrogens is 166 g/mol. The van der Waals surface area contributed by atoms with Crippen molar-refractivity contribution in [1.29, 1.82) is 0 Å². The Kier molecular flexibility index (Phi) is 1.93. The Bertz CT molecular complexity index is 371. The molecule has 66 valence electrons. The van der Waals surface area contributed by atoms with Crippen LogP contribution in [-0.2, 0) is 6.42 Å². The average molecular weight is 175 g/mol. The van der Waals surface area contributed by atoms with Gasteiger partial charge in [-0.1, -0.05) is 29.4 Å². The number of aliphatic hydroxyl groups excluding tert-OH is 1. The molecule has 1 aliphatic carbocycles. The van der Waals surface area contributed by atoms with Gasteiger partial charge in [-0.3, -0.25) is 0 Å². The molecular formula is C9H9N3O. The average Bonchev–Trinajstić information content (AvgIpc) is 2.46. The lowest BCUT2D eigenvalue weighted by Gasteiger charge is -2.07. The normalized spacial score (nSPS) is 25.0. The smallest absolute Gasteiger partial charge is 0.0880 e. The first-order valence-electron chi connectivity index (χ1n) is 4.13. The van der Waals surface area contributed by atoms with Crippen molar-refractivity contribution in [2.24, 2.45) is 5.11 Å². The maximum absolute atomic E-state index is 9.71. The van der Waals surface area contributed by atoms with Crippen molar-refractivity contribution in [3.63, 3.8) is 0 Å². The van der Waals surface area contributed by atoms with Crippen LogP contribution in [-0.4, -0.2) is 11.1 Å². The number of hydrogen-bond acceptors (Lipinski definition) is 2. The van der Waals surface area contributed by atoms with E-state index in [9.17, 15) is 5.11 Å². The molecule has 0 saturated heterocycles. The highest BCUT2D eigenvalue weighted by atomic mass is 16.3. The van der Waals surface area contributed by atoms with Gasteiger partial charge in [0.1, 0.15) is 0 Å². The van der Waals surface area contributed by atoms with Crippen LogP contribution in [0.15, 0.2) is 29.4 Å². The van der Waals surface area contributed by atoms with E-state index in [2.05, 4.69) is 10.0 Å². The molecule has 1 N–H and O–H groups in total. The van der Waals surface area contributed by atoms with Gasteiger partial charge in [-0.05, 0) is 23.1 Å². The number of fused-ring (bicyclic) bond motifs is 1. The van der Waals surface area contributed by atoms with Gasteiger partial charge in [0.25, 0.3) is 0 Å². The minimum absolute atomic E-state index is 0.331. The maximum atomic E-state index is 9.71. The Morgan fingerprint density at radius 3 is 2.92 bits per heavy atom. The van der Waals surface area contributed by atoms with E-state index in [4.69, 9.17) is 5.53 Å². The van der Waals surface area contributed by atoms with Gasteiger partial charge < -0.3 is 5.11 Å². The van der Waals surface area contributed by atoms with Gasteiger partial charge in [0.15, 0.2) is 0 Å². The van der Waals surface area contributed by atoms with Crippen molar-refractivity contribution in [3.05, 3.63) is 45.8 Å². The zero-order valence-corrected chi connectivity index (χ0v) is 6.96. The summed E-state index contributed by atoms with van der Waals surface area (Å²) in [7, 11) is 0. The Morgan fingerprint density at radius 2 is 2.23 bits per heavy atom. The number of rotatable bonds is 1. The third kappa shape index (κ3) is 1.26. The van der Waals surface area contributed by atoms with Gasteiger partial charge >= 0.3 is 0 Å². The van der Waals surface area contributed by atoms with Crippen LogP contribution in [0.4, 0.5) is 0 Å². The van der Waals surface area contributed by atoms with Crippen LogP contribution >= 0.6 is 0 Å². The first-order valence-corrected chi connectivity index (χ1v) is 4.13. The summed E-state index contributed by atoms with van der Waals surface area (Å²) in [5.74, 6) is 0. The van der Waals surface area contributed by atoms with Crippen molar-refractivity contribution in [3.8, 4) is 0 Å². The second kappa shape index (κ2) is 3.09. The lowest BCUT2D eigenvalue weighted by atomic mass is 10.1. The zero-order valence-electron chi connectivity index (χ0n) is 6.96. The van der Waals surface area contributed by atoms with Crippen molar-refractivity contribution in [2.75, 3.05) is 0 Å². The number of hydrogen-bond donors (Lipinski definition) is 1. The lowest BCUT2D eigenvalue weighted by Crippen LogP contribution is -2.09. The molecule has 4 nitrogen and oxygen atoms in total. The first-order chi connectivity index (χ1) is 6.33. The molecule has 0 heterocycles. The maximum Gasteiger partial charge on any atom is 0.0880 e. The highest BCUT2D eigenvalue weighted by Crippen LogP contribution is 2.32. The van der Waals surface area contributed by atoms with E-state index in [-0.39, 0.29) is 6.04 Å². The molecule has 1 aliphatic rings. The molecule has 4 heteroatoms. The van der Waals surface area contributed by atoms with E-state index in [1.165, 1.54) is 0 Å². The Labute approximate surface area is 75.4 Å². The quantitative estimate of drug-likeness (QED) is 0.395. The van der Waals surface area contributed by atoms with Gasteiger partial charge in [-0.15, -0.1) is 0 Å². The van der Waals surface area contributed by atoms with Gasteiger partial charge in [0.2, 0.25) is 0 Å². The Morgan fingerprint density at radius 1 is 1.46 bits per heavy atom. The Hall–Kier alpha value is -1.51. The summed E-state index contributed by atoms with van der Waals surface area (Å²) in [4.78, 5) is 2.72. The highest BCUT2D eigenvalue weighted by Gasteiger charge is 2.29. The molecule has 1 aromatic carbocycles. The van der Waals surface area contributed by atoms with Crippen LogP contribution in [0.3, 0.4) is 0 Å². The summed E-state index contributed by atoms with van der Waals surface area (Å²) in [5, 5.41) is 13.3. The van der Waals surface area contributed by atoms with E-state index in [0.29, 0.717) is 6.42 Å². The van der Waals surface area contributed by atoms with Gasteiger partial charge in [0, 0.05) is 4.91 Å². The molecule has 2 rings (SSSR count). The summed E-state index contributed by atoms with van der Waals surface area (Å²) in [6, 6.07) is 7.28. The predicted molar refractivity (Wildman–Crippen MR) is 48.0 cm³/mol. The monoisotopic (exact) mass is 175 g/mol. The molecule has 0 aromatic heterocycles. The van der Waals surface area contributed by atoms with E-state index in [1.807, 2.05) is 24.3 Å². The highest BCUT2D eigenvalue weighted by molar-refractivity contribution is 5.35. The summed E-state index contributed by atoms with van der Waals surface area (Å²) >= 11 is 0. The molecule has 2 atom stereocenters. The second-order valence-corrected chi connectivity index (χ2v) is 3.12. The van der Waals surface area contributed by atoms with Gasteiger partial charge in [-0.25, -0.2) is 0 Å². The number of nitrogens with zero attached hydrogens (tertiary/aromatic N) is 3. The van der Waals surface area contributed by atoms with Crippen LogP contribution in [0.2, 0.25) is 0 Å². The minimum atomic E-state index is -0.632. The molecule has 0 radical (unpaired) electrons. The summed E-state index contributed by atoms with van der Waals surface area (Å²) in [6.45, 7) is 0. The van der Waals surface area contributed by atoms with Crippen molar-refractivity contribution >= 4 is 0 Å².